The summed E-state index contributed by atoms with van der Waals surface area (Å²) in [7, 11) is 1.50. The molecule has 0 saturated heterocycles. The number of amides is 1. The molecule has 1 aromatic carbocycles. The quantitative estimate of drug-likeness (QED) is 0.870. The van der Waals surface area contributed by atoms with E-state index in [0.29, 0.717) is 11.5 Å². The summed E-state index contributed by atoms with van der Waals surface area (Å²) < 4.78 is 11.0. The lowest BCUT2D eigenvalue weighted by Gasteiger charge is -2.38. The van der Waals surface area contributed by atoms with Gasteiger partial charge in [-0.25, -0.2) is 9.79 Å². The smallest absolute Gasteiger partial charge is 0.412 e. The molecule has 144 valence electrons. The SMILES string of the molecule is COC1=N[C@H](C(C)(C)C)N(C(=O)OC(C)(C)C)[C@H]1[C@@H](O)c1ccccc1. The number of aliphatic imine (C=N–C) groups is 1. The van der Waals surface area contributed by atoms with Crippen LogP contribution in [0.5, 0.6) is 0 Å². The lowest BCUT2D eigenvalue weighted by molar-refractivity contribution is -0.0159. The Morgan fingerprint density at radius 3 is 2.19 bits per heavy atom. The van der Waals surface area contributed by atoms with E-state index in [1.807, 2.05) is 71.9 Å². The first-order chi connectivity index (χ1) is 12.0. The zero-order valence-corrected chi connectivity index (χ0v) is 16.7. The lowest BCUT2D eigenvalue weighted by Crippen LogP contribution is -2.52. The van der Waals surface area contributed by atoms with Crippen molar-refractivity contribution in [3.8, 4) is 0 Å². The van der Waals surface area contributed by atoms with Crippen molar-refractivity contribution in [3.05, 3.63) is 35.9 Å². The number of rotatable bonds is 2. The lowest BCUT2D eigenvalue weighted by atomic mass is 9.91. The molecule has 6 nitrogen and oxygen atoms in total. The largest absolute Gasteiger partial charge is 0.483 e. The fourth-order valence-corrected chi connectivity index (χ4v) is 2.96. The number of hydrogen-bond donors (Lipinski definition) is 1. The normalized spacial score (nSPS) is 22.0. The molecule has 0 radical (unpaired) electrons. The summed E-state index contributed by atoms with van der Waals surface area (Å²) in [4.78, 5) is 19.1. The van der Waals surface area contributed by atoms with Crippen molar-refractivity contribution in [2.45, 2.75) is 65.5 Å². The van der Waals surface area contributed by atoms with Gasteiger partial charge in [-0.15, -0.1) is 0 Å². The van der Waals surface area contributed by atoms with Gasteiger partial charge in [-0.3, -0.25) is 4.90 Å². The number of ether oxygens (including phenoxy) is 2. The maximum absolute atomic E-state index is 13.0. The van der Waals surface area contributed by atoms with E-state index in [4.69, 9.17) is 9.47 Å². The van der Waals surface area contributed by atoms with E-state index in [0.717, 1.165) is 0 Å². The first-order valence-corrected chi connectivity index (χ1v) is 8.81. The summed E-state index contributed by atoms with van der Waals surface area (Å²) in [5.41, 5.74) is -0.325. The van der Waals surface area contributed by atoms with Crippen LogP contribution in [-0.4, -0.2) is 46.9 Å². The van der Waals surface area contributed by atoms with Crippen LogP contribution in [0.2, 0.25) is 0 Å². The minimum Gasteiger partial charge on any atom is -0.483 e. The molecule has 1 amide bonds. The van der Waals surface area contributed by atoms with Gasteiger partial charge in [-0.2, -0.15) is 0 Å². The molecule has 1 heterocycles. The van der Waals surface area contributed by atoms with Gasteiger partial charge >= 0.3 is 6.09 Å². The highest BCUT2D eigenvalue weighted by molar-refractivity contribution is 5.89. The Morgan fingerprint density at radius 1 is 1.15 bits per heavy atom. The summed E-state index contributed by atoms with van der Waals surface area (Å²) in [6.45, 7) is 11.4. The van der Waals surface area contributed by atoms with E-state index >= 15 is 0 Å². The van der Waals surface area contributed by atoms with Crippen molar-refractivity contribution in [2.24, 2.45) is 10.4 Å². The average molecular weight is 362 g/mol. The van der Waals surface area contributed by atoms with Crippen molar-refractivity contribution in [1.29, 1.82) is 0 Å². The number of methoxy groups -OCH3 is 1. The van der Waals surface area contributed by atoms with Crippen LogP contribution >= 0.6 is 0 Å². The second-order valence-corrected chi connectivity index (χ2v) is 8.60. The minimum absolute atomic E-state index is 0.326. The van der Waals surface area contributed by atoms with Crippen molar-refractivity contribution in [3.63, 3.8) is 0 Å². The number of aliphatic hydroxyl groups excluding tert-OH is 1. The Kier molecular flexibility index (Phi) is 5.66. The number of benzene rings is 1. The van der Waals surface area contributed by atoms with Gasteiger partial charge in [0.15, 0.2) is 0 Å². The predicted octanol–water partition coefficient (Wildman–Crippen LogP) is 3.76. The molecule has 0 aromatic heterocycles. The van der Waals surface area contributed by atoms with Crippen LogP contribution in [0, 0.1) is 5.41 Å². The highest BCUT2D eigenvalue weighted by Gasteiger charge is 2.50. The van der Waals surface area contributed by atoms with Gasteiger partial charge in [-0.05, 0) is 26.3 Å². The standard InChI is InChI=1S/C20H30N2O4/c1-19(2,3)17-21-16(25-7)14(15(23)13-11-9-8-10-12-13)22(17)18(24)26-20(4,5)6/h8-12,14-15,17,23H,1-7H3/t14-,15-,17-/m0/s1. The molecule has 26 heavy (non-hydrogen) atoms. The molecular weight excluding hydrogens is 332 g/mol. The van der Waals surface area contributed by atoms with E-state index < -0.39 is 30.0 Å². The molecule has 0 unspecified atom stereocenters. The maximum Gasteiger partial charge on any atom is 0.412 e. The van der Waals surface area contributed by atoms with Gasteiger partial charge < -0.3 is 14.6 Å². The van der Waals surface area contributed by atoms with E-state index in [2.05, 4.69) is 4.99 Å². The predicted molar refractivity (Wildman–Crippen MR) is 101 cm³/mol. The van der Waals surface area contributed by atoms with Crippen LogP contribution in [0.1, 0.15) is 53.2 Å². The van der Waals surface area contributed by atoms with Crippen LogP contribution < -0.4 is 0 Å². The number of carbonyl (C=O) groups excluding carboxylic acids is 1. The van der Waals surface area contributed by atoms with Gasteiger partial charge in [0, 0.05) is 5.41 Å². The van der Waals surface area contributed by atoms with E-state index in [-0.39, 0.29) is 5.41 Å². The number of hydrogen-bond acceptors (Lipinski definition) is 5. The van der Waals surface area contributed by atoms with Gasteiger partial charge in [0.05, 0.1) is 7.11 Å². The number of carbonyl (C=O) groups is 1. The van der Waals surface area contributed by atoms with E-state index in [9.17, 15) is 9.90 Å². The topological polar surface area (TPSA) is 71.4 Å². The molecule has 1 aromatic rings. The van der Waals surface area contributed by atoms with Gasteiger partial charge in [0.25, 0.3) is 0 Å². The number of aliphatic hydroxyl groups is 1. The maximum atomic E-state index is 13.0. The van der Waals surface area contributed by atoms with Crippen molar-refractivity contribution >= 4 is 12.0 Å². The molecule has 1 N–H and O–H groups in total. The summed E-state index contributed by atoms with van der Waals surface area (Å²) in [5, 5.41) is 11.0. The molecule has 0 spiro atoms. The van der Waals surface area contributed by atoms with Crippen LogP contribution in [0.15, 0.2) is 35.3 Å². The molecule has 1 aliphatic heterocycles. The van der Waals surface area contributed by atoms with Crippen LogP contribution in [0.4, 0.5) is 4.79 Å². The van der Waals surface area contributed by atoms with Crippen molar-refractivity contribution in [2.75, 3.05) is 7.11 Å². The Bertz CT molecular complexity index is 659. The third-order valence-electron chi connectivity index (χ3n) is 4.09. The Labute approximate surface area is 155 Å². The highest BCUT2D eigenvalue weighted by Crippen LogP contribution is 2.37. The van der Waals surface area contributed by atoms with Crippen LogP contribution in [0.3, 0.4) is 0 Å². The first-order valence-electron chi connectivity index (χ1n) is 8.81. The zero-order chi connectivity index (χ0) is 19.7. The molecule has 6 heteroatoms. The third-order valence-corrected chi connectivity index (χ3v) is 4.09. The second-order valence-electron chi connectivity index (χ2n) is 8.60. The molecule has 0 aliphatic carbocycles. The molecule has 1 aliphatic rings. The fraction of sp³-hybridized carbons (Fsp3) is 0.600. The van der Waals surface area contributed by atoms with Crippen molar-refractivity contribution in [1.82, 2.24) is 4.90 Å². The second kappa shape index (κ2) is 7.27. The molecule has 3 atom stereocenters. The average Bonchev–Trinajstić information content (AvgIpc) is 2.93. The zero-order valence-electron chi connectivity index (χ0n) is 16.7. The van der Waals surface area contributed by atoms with Gasteiger partial charge in [0.2, 0.25) is 5.90 Å². The summed E-state index contributed by atoms with van der Waals surface area (Å²) in [6.07, 6.45) is -2.00. The van der Waals surface area contributed by atoms with Gasteiger partial charge in [-0.1, -0.05) is 51.1 Å². The molecule has 0 saturated carbocycles. The van der Waals surface area contributed by atoms with Crippen LogP contribution in [-0.2, 0) is 9.47 Å². The summed E-state index contributed by atoms with van der Waals surface area (Å²) >= 11 is 0. The highest BCUT2D eigenvalue weighted by atomic mass is 16.6. The monoisotopic (exact) mass is 362 g/mol. The molecular formula is C20H30N2O4. The Hall–Kier alpha value is -2.08. The minimum atomic E-state index is -0.977. The Morgan fingerprint density at radius 2 is 1.73 bits per heavy atom. The van der Waals surface area contributed by atoms with Gasteiger partial charge in [0.1, 0.15) is 23.9 Å². The molecule has 0 fully saturated rings. The summed E-state index contributed by atoms with van der Waals surface area (Å²) in [6, 6.07) is 8.44. The first kappa shape index (κ1) is 20.2. The molecule has 0 bridgehead atoms. The Balaban J connectivity index is 2.46. The molecule has 2 rings (SSSR count). The fourth-order valence-electron chi connectivity index (χ4n) is 2.96. The number of nitrogens with zero attached hydrogens (tertiary/aromatic N) is 2. The summed E-state index contributed by atoms with van der Waals surface area (Å²) in [5.74, 6) is 0.326. The van der Waals surface area contributed by atoms with Crippen LogP contribution in [0.25, 0.3) is 0 Å². The third kappa shape index (κ3) is 4.36. The van der Waals surface area contributed by atoms with Crippen molar-refractivity contribution < 1.29 is 19.4 Å². The van der Waals surface area contributed by atoms with E-state index in [1.54, 1.807) is 0 Å². The van der Waals surface area contributed by atoms with E-state index in [1.165, 1.54) is 12.0 Å².